The van der Waals surface area contributed by atoms with E-state index in [0.29, 0.717) is 32.5 Å². The lowest BCUT2D eigenvalue weighted by Crippen LogP contribution is -2.56. The van der Waals surface area contributed by atoms with Crippen LogP contribution >= 0.6 is 0 Å². The maximum atomic E-state index is 12.4. The maximum absolute atomic E-state index is 12.4. The molecular weight excluding hydrogens is 250 g/mol. The van der Waals surface area contributed by atoms with Crippen LogP contribution in [-0.4, -0.2) is 37.9 Å². The van der Waals surface area contributed by atoms with Crippen LogP contribution in [0.25, 0.3) is 0 Å². The average molecular weight is 277 g/mol. The van der Waals surface area contributed by atoms with E-state index in [-0.39, 0.29) is 0 Å². The molecule has 0 unspecified atom stereocenters. The second-order valence-electron chi connectivity index (χ2n) is 5.11. The fourth-order valence-electron chi connectivity index (χ4n) is 2.34. The summed E-state index contributed by atoms with van der Waals surface area (Å²) in [4.78, 5) is 0. The predicted molar refractivity (Wildman–Crippen MR) is 74.5 cm³/mol. The van der Waals surface area contributed by atoms with Crippen molar-refractivity contribution in [3.63, 3.8) is 0 Å². The molecule has 0 aromatic rings. The Hall–Kier alpha value is -0.170. The molecule has 0 aromatic carbocycles. The Morgan fingerprint density at radius 3 is 2.00 bits per heavy atom. The molecule has 3 N–H and O–H groups in total. The number of hydrogen-bond acceptors (Lipinski definition) is 3. The Morgan fingerprint density at radius 2 is 1.61 bits per heavy atom. The lowest BCUT2D eigenvalue weighted by Gasteiger charge is -2.33. The fourth-order valence-corrected chi connectivity index (χ4v) is 4.13. The van der Waals surface area contributed by atoms with Crippen molar-refractivity contribution in [3.8, 4) is 0 Å². The molecule has 1 saturated heterocycles. The molecule has 0 aromatic heterocycles. The second-order valence-corrected chi connectivity index (χ2v) is 6.78. The van der Waals surface area contributed by atoms with E-state index in [1.54, 1.807) is 4.31 Å². The largest absolute Gasteiger partial charge is 0.329 e. The zero-order valence-electron chi connectivity index (χ0n) is 11.6. The lowest BCUT2D eigenvalue weighted by atomic mass is 9.95. The Bertz CT molecular complexity index is 323. The quantitative estimate of drug-likeness (QED) is 0.766. The van der Waals surface area contributed by atoms with Crippen LogP contribution < -0.4 is 10.5 Å². The molecule has 5 nitrogen and oxygen atoms in total. The van der Waals surface area contributed by atoms with Crippen LogP contribution in [0.1, 0.15) is 52.4 Å². The van der Waals surface area contributed by atoms with Crippen LogP contribution in [0.15, 0.2) is 0 Å². The molecule has 0 amide bonds. The van der Waals surface area contributed by atoms with Gasteiger partial charge in [0.1, 0.15) is 0 Å². The third-order valence-electron chi connectivity index (χ3n) is 3.99. The van der Waals surface area contributed by atoms with Gasteiger partial charge in [-0.2, -0.15) is 17.4 Å². The molecule has 1 fully saturated rings. The summed E-state index contributed by atoms with van der Waals surface area (Å²) in [7, 11) is -3.40. The van der Waals surface area contributed by atoms with Gasteiger partial charge in [0.15, 0.2) is 0 Å². The normalized spacial score (nSPS) is 19.7. The van der Waals surface area contributed by atoms with Gasteiger partial charge in [-0.15, -0.1) is 0 Å². The Balaban J connectivity index is 2.78. The van der Waals surface area contributed by atoms with Crippen LogP contribution in [0.2, 0.25) is 0 Å². The van der Waals surface area contributed by atoms with Crippen molar-refractivity contribution in [3.05, 3.63) is 0 Å². The van der Waals surface area contributed by atoms with Crippen LogP contribution in [0.4, 0.5) is 0 Å². The van der Waals surface area contributed by atoms with Gasteiger partial charge >= 0.3 is 0 Å². The third-order valence-corrected chi connectivity index (χ3v) is 5.73. The first-order valence-electron chi connectivity index (χ1n) is 6.99. The van der Waals surface area contributed by atoms with Gasteiger partial charge in [0.2, 0.25) is 0 Å². The fraction of sp³-hybridized carbons (Fsp3) is 1.00. The molecule has 1 heterocycles. The van der Waals surface area contributed by atoms with E-state index in [1.165, 1.54) is 0 Å². The van der Waals surface area contributed by atoms with E-state index in [4.69, 9.17) is 5.73 Å². The van der Waals surface area contributed by atoms with Crippen molar-refractivity contribution in [2.45, 2.75) is 57.9 Å². The van der Waals surface area contributed by atoms with Crippen LogP contribution in [0, 0.1) is 0 Å². The minimum absolute atomic E-state index is 0.340. The van der Waals surface area contributed by atoms with Crippen molar-refractivity contribution >= 4 is 10.2 Å². The molecule has 18 heavy (non-hydrogen) atoms. The van der Waals surface area contributed by atoms with Crippen molar-refractivity contribution in [1.29, 1.82) is 0 Å². The van der Waals surface area contributed by atoms with Gasteiger partial charge in [0.05, 0.1) is 0 Å². The van der Waals surface area contributed by atoms with Gasteiger partial charge in [-0.3, -0.25) is 0 Å². The SMILES string of the molecule is CCC(CC)(CN)NS(=O)(=O)N1CCCCCC1. The first-order chi connectivity index (χ1) is 8.49. The molecule has 6 heteroatoms. The van der Waals surface area contributed by atoms with E-state index in [2.05, 4.69) is 4.72 Å². The number of rotatable bonds is 6. The molecular formula is C12H27N3O2S. The minimum atomic E-state index is -3.40. The predicted octanol–water partition coefficient (Wildman–Crippen LogP) is 1.21. The van der Waals surface area contributed by atoms with E-state index in [9.17, 15) is 8.42 Å². The Morgan fingerprint density at radius 1 is 1.11 bits per heavy atom. The zero-order chi connectivity index (χ0) is 13.6. The standard InChI is InChI=1S/C12H27N3O2S/c1-3-12(4-2,11-13)14-18(16,17)15-9-7-5-6-8-10-15/h14H,3-11,13H2,1-2H3. The third kappa shape index (κ3) is 3.91. The van der Waals surface area contributed by atoms with Gasteiger partial charge < -0.3 is 5.73 Å². The van der Waals surface area contributed by atoms with Crippen LogP contribution in [-0.2, 0) is 10.2 Å². The van der Waals surface area contributed by atoms with E-state index < -0.39 is 15.7 Å². The summed E-state index contributed by atoms with van der Waals surface area (Å²) in [5.41, 5.74) is 5.26. The molecule has 0 spiro atoms. The monoisotopic (exact) mass is 277 g/mol. The summed E-state index contributed by atoms with van der Waals surface area (Å²) in [6.07, 6.45) is 5.58. The van der Waals surface area contributed by atoms with Crippen LogP contribution in [0.5, 0.6) is 0 Å². The molecule has 0 bridgehead atoms. The van der Waals surface area contributed by atoms with Gasteiger partial charge in [-0.25, -0.2) is 0 Å². The summed E-state index contributed by atoms with van der Waals surface area (Å²) < 4.78 is 29.2. The Labute approximate surface area is 111 Å². The molecule has 1 rings (SSSR count). The maximum Gasteiger partial charge on any atom is 0.279 e. The molecule has 0 atom stereocenters. The van der Waals surface area contributed by atoms with Crippen molar-refractivity contribution in [2.75, 3.05) is 19.6 Å². The highest BCUT2D eigenvalue weighted by atomic mass is 32.2. The average Bonchev–Trinajstić information content (AvgIpc) is 2.65. The Kier molecular flexibility index (Phi) is 6.04. The lowest BCUT2D eigenvalue weighted by molar-refractivity contribution is 0.337. The summed E-state index contributed by atoms with van der Waals surface area (Å²) in [6, 6.07) is 0. The smallest absolute Gasteiger partial charge is 0.279 e. The highest BCUT2D eigenvalue weighted by molar-refractivity contribution is 7.87. The summed E-state index contributed by atoms with van der Waals surface area (Å²) in [5, 5.41) is 0. The van der Waals surface area contributed by atoms with Crippen molar-refractivity contribution in [2.24, 2.45) is 5.73 Å². The van der Waals surface area contributed by atoms with Gasteiger partial charge in [0.25, 0.3) is 10.2 Å². The topological polar surface area (TPSA) is 75.4 Å². The number of nitrogens with two attached hydrogens (primary N) is 1. The summed E-state index contributed by atoms with van der Waals surface area (Å²) >= 11 is 0. The molecule has 0 aliphatic carbocycles. The van der Waals surface area contributed by atoms with Gasteiger partial charge in [0, 0.05) is 25.2 Å². The number of nitrogens with zero attached hydrogens (tertiary/aromatic N) is 1. The van der Waals surface area contributed by atoms with Crippen molar-refractivity contribution < 1.29 is 8.42 Å². The minimum Gasteiger partial charge on any atom is -0.329 e. The molecule has 1 aliphatic heterocycles. The van der Waals surface area contributed by atoms with Crippen molar-refractivity contribution in [1.82, 2.24) is 9.03 Å². The number of hydrogen-bond donors (Lipinski definition) is 2. The summed E-state index contributed by atoms with van der Waals surface area (Å²) in [6.45, 7) is 5.54. The highest BCUT2D eigenvalue weighted by Gasteiger charge is 2.33. The molecule has 1 aliphatic rings. The van der Waals surface area contributed by atoms with Gasteiger partial charge in [-0.05, 0) is 25.7 Å². The van der Waals surface area contributed by atoms with E-state index >= 15 is 0 Å². The van der Waals surface area contributed by atoms with Gasteiger partial charge in [-0.1, -0.05) is 26.7 Å². The highest BCUT2D eigenvalue weighted by Crippen LogP contribution is 2.18. The molecule has 108 valence electrons. The number of nitrogens with one attached hydrogen (secondary N) is 1. The summed E-state index contributed by atoms with van der Waals surface area (Å²) in [5.74, 6) is 0. The van der Waals surface area contributed by atoms with E-state index in [1.807, 2.05) is 13.8 Å². The first-order valence-corrected chi connectivity index (χ1v) is 8.43. The van der Waals surface area contributed by atoms with Crippen LogP contribution in [0.3, 0.4) is 0 Å². The molecule has 0 radical (unpaired) electrons. The zero-order valence-corrected chi connectivity index (χ0v) is 12.4. The molecule has 0 saturated carbocycles. The van der Waals surface area contributed by atoms with E-state index in [0.717, 1.165) is 25.7 Å². The second kappa shape index (κ2) is 6.84. The first kappa shape index (κ1) is 15.9.